The van der Waals surface area contributed by atoms with Gasteiger partial charge in [0, 0.05) is 16.4 Å². The number of nitrogens with zero attached hydrogens (tertiary/aromatic N) is 1. The standard InChI is InChI=1S/C16H17BrN2O/c1-2-18-14-9-10-19(16(14)20)15-8-7-13(17)11-5-3-4-6-12(11)15/h3-8,14,18H,2,9-10H2,1H3. The molecule has 1 fully saturated rings. The summed E-state index contributed by atoms with van der Waals surface area (Å²) in [5, 5.41) is 5.51. The summed E-state index contributed by atoms with van der Waals surface area (Å²) in [4.78, 5) is 14.4. The second-order valence-corrected chi connectivity index (χ2v) is 5.86. The van der Waals surface area contributed by atoms with E-state index in [2.05, 4.69) is 33.4 Å². The van der Waals surface area contributed by atoms with Crippen LogP contribution in [-0.2, 0) is 4.79 Å². The SMILES string of the molecule is CCNC1CCN(c2ccc(Br)c3ccccc23)C1=O. The molecule has 3 nitrogen and oxygen atoms in total. The van der Waals surface area contributed by atoms with Gasteiger partial charge in [0.1, 0.15) is 0 Å². The summed E-state index contributed by atoms with van der Waals surface area (Å²) in [7, 11) is 0. The quantitative estimate of drug-likeness (QED) is 0.935. The highest BCUT2D eigenvalue weighted by atomic mass is 79.9. The molecule has 1 amide bonds. The predicted molar refractivity (Wildman–Crippen MR) is 86.1 cm³/mol. The molecule has 1 saturated heterocycles. The number of rotatable bonds is 3. The minimum Gasteiger partial charge on any atom is -0.310 e. The van der Waals surface area contributed by atoms with E-state index in [0.717, 1.165) is 40.4 Å². The van der Waals surface area contributed by atoms with Crippen molar-refractivity contribution in [3.8, 4) is 0 Å². The zero-order valence-corrected chi connectivity index (χ0v) is 13.0. The van der Waals surface area contributed by atoms with Crippen molar-refractivity contribution < 1.29 is 4.79 Å². The molecule has 2 aromatic rings. The van der Waals surface area contributed by atoms with Gasteiger partial charge in [0.15, 0.2) is 0 Å². The highest BCUT2D eigenvalue weighted by Gasteiger charge is 2.32. The van der Waals surface area contributed by atoms with Crippen LogP contribution in [0, 0.1) is 0 Å². The Hall–Kier alpha value is -1.39. The van der Waals surface area contributed by atoms with Crippen molar-refractivity contribution in [1.82, 2.24) is 5.32 Å². The van der Waals surface area contributed by atoms with Crippen LogP contribution >= 0.6 is 15.9 Å². The first-order valence-corrected chi connectivity index (χ1v) is 7.73. The van der Waals surface area contributed by atoms with E-state index in [1.807, 2.05) is 36.1 Å². The minimum absolute atomic E-state index is 0.0394. The highest BCUT2D eigenvalue weighted by Crippen LogP contribution is 2.34. The smallest absolute Gasteiger partial charge is 0.244 e. The largest absolute Gasteiger partial charge is 0.310 e. The predicted octanol–water partition coefficient (Wildman–Crippen LogP) is 3.32. The Labute approximate surface area is 127 Å². The van der Waals surface area contributed by atoms with Crippen LogP contribution in [0.1, 0.15) is 13.3 Å². The Balaban J connectivity index is 2.03. The number of carbonyl (C=O) groups excluding carboxylic acids is 1. The summed E-state index contributed by atoms with van der Waals surface area (Å²) in [5.41, 5.74) is 1.01. The van der Waals surface area contributed by atoms with E-state index in [0.29, 0.717) is 0 Å². The van der Waals surface area contributed by atoms with Crippen molar-refractivity contribution in [2.75, 3.05) is 18.0 Å². The molecule has 1 atom stereocenters. The number of hydrogen-bond donors (Lipinski definition) is 1. The van der Waals surface area contributed by atoms with Crippen LogP contribution in [0.4, 0.5) is 5.69 Å². The molecule has 0 saturated carbocycles. The van der Waals surface area contributed by atoms with E-state index in [9.17, 15) is 4.79 Å². The Morgan fingerprint density at radius 2 is 2.00 bits per heavy atom. The monoisotopic (exact) mass is 332 g/mol. The van der Waals surface area contributed by atoms with E-state index < -0.39 is 0 Å². The number of nitrogens with one attached hydrogen (secondary N) is 1. The molecule has 1 unspecified atom stereocenters. The zero-order chi connectivity index (χ0) is 14.1. The first-order valence-electron chi connectivity index (χ1n) is 6.94. The van der Waals surface area contributed by atoms with E-state index in [1.165, 1.54) is 0 Å². The second-order valence-electron chi connectivity index (χ2n) is 5.00. The molecule has 1 aliphatic rings. The lowest BCUT2D eigenvalue weighted by Crippen LogP contribution is -2.38. The molecule has 0 radical (unpaired) electrons. The topological polar surface area (TPSA) is 32.3 Å². The van der Waals surface area contributed by atoms with Gasteiger partial charge < -0.3 is 10.2 Å². The molecular weight excluding hydrogens is 316 g/mol. The molecule has 1 N–H and O–H groups in total. The Morgan fingerprint density at radius 1 is 1.25 bits per heavy atom. The van der Waals surface area contributed by atoms with Crippen LogP contribution < -0.4 is 10.2 Å². The maximum absolute atomic E-state index is 12.5. The maximum atomic E-state index is 12.5. The Morgan fingerprint density at radius 3 is 2.75 bits per heavy atom. The van der Waals surface area contributed by atoms with Gasteiger partial charge in [-0.2, -0.15) is 0 Å². The number of likely N-dealkylation sites (N-methyl/N-ethyl adjacent to an activating group) is 1. The molecule has 4 heteroatoms. The Bertz CT molecular complexity index is 656. The van der Waals surface area contributed by atoms with Crippen molar-refractivity contribution in [3.05, 3.63) is 40.9 Å². The normalized spacial score (nSPS) is 19.0. The third-order valence-corrected chi connectivity index (χ3v) is 4.49. The molecule has 2 aromatic carbocycles. The fraction of sp³-hybridized carbons (Fsp3) is 0.312. The van der Waals surface area contributed by atoms with Gasteiger partial charge in [-0.25, -0.2) is 0 Å². The minimum atomic E-state index is -0.0394. The fourth-order valence-corrected chi connectivity index (χ4v) is 3.31. The molecule has 3 rings (SSSR count). The number of anilines is 1. The summed E-state index contributed by atoms with van der Waals surface area (Å²) >= 11 is 3.58. The molecular formula is C16H17BrN2O. The van der Waals surface area contributed by atoms with Gasteiger partial charge in [-0.1, -0.05) is 47.1 Å². The lowest BCUT2D eigenvalue weighted by molar-refractivity contribution is -0.118. The number of hydrogen-bond acceptors (Lipinski definition) is 2. The van der Waals surface area contributed by atoms with Gasteiger partial charge in [-0.05, 0) is 30.5 Å². The second kappa shape index (κ2) is 5.54. The average molecular weight is 333 g/mol. The van der Waals surface area contributed by atoms with Gasteiger partial charge in [-0.15, -0.1) is 0 Å². The Kier molecular flexibility index (Phi) is 3.76. The number of halogens is 1. The maximum Gasteiger partial charge on any atom is 0.244 e. The van der Waals surface area contributed by atoms with Crippen LogP contribution in [0.2, 0.25) is 0 Å². The summed E-state index contributed by atoms with van der Waals surface area (Å²) < 4.78 is 1.06. The molecule has 0 spiro atoms. The van der Waals surface area contributed by atoms with E-state index in [1.54, 1.807) is 0 Å². The van der Waals surface area contributed by atoms with Crippen molar-refractivity contribution in [1.29, 1.82) is 0 Å². The van der Waals surface area contributed by atoms with Crippen LogP contribution in [0.5, 0.6) is 0 Å². The van der Waals surface area contributed by atoms with Crippen LogP contribution in [0.25, 0.3) is 10.8 Å². The van der Waals surface area contributed by atoms with Crippen molar-refractivity contribution >= 4 is 38.3 Å². The summed E-state index contributed by atoms with van der Waals surface area (Å²) in [5.74, 6) is 0.180. The molecule has 20 heavy (non-hydrogen) atoms. The van der Waals surface area contributed by atoms with E-state index in [-0.39, 0.29) is 11.9 Å². The molecule has 1 heterocycles. The number of amides is 1. The summed E-state index contributed by atoms with van der Waals surface area (Å²) in [6.45, 7) is 3.64. The molecule has 104 valence electrons. The van der Waals surface area contributed by atoms with Crippen molar-refractivity contribution in [3.63, 3.8) is 0 Å². The van der Waals surface area contributed by atoms with Gasteiger partial charge in [0.05, 0.1) is 11.7 Å². The van der Waals surface area contributed by atoms with Gasteiger partial charge in [0.25, 0.3) is 0 Å². The van der Waals surface area contributed by atoms with Gasteiger partial charge in [-0.3, -0.25) is 4.79 Å². The zero-order valence-electron chi connectivity index (χ0n) is 11.4. The van der Waals surface area contributed by atoms with E-state index >= 15 is 0 Å². The fourth-order valence-electron chi connectivity index (χ4n) is 2.84. The number of benzene rings is 2. The van der Waals surface area contributed by atoms with Crippen LogP contribution in [-0.4, -0.2) is 25.0 Å². The van der Waals surface area contributed by atoms with E-state index in [4.69, 9.17) is 0 Å². The lowest BCUT2D eigenvalue weighted by atomic mass is 10.1. The summed E-state index contributed by atoms with van der Waals surface area (Å²) in [6.07, 6.45) is 0.872. The van der Waals surface area contributed by atoms with Gasteiger partial charge >= 0.3 is 0 Å². The lowest BCUT2D eigenvalue weighted by Gasteiger charge is -2.19. The highest BCUT2D eigenvalue weighted by molar-refractivity contribution is 9.10. The molecule has 1 aliphatic heterocycles. The average Bonchev–Trinajstić information content (AvgIpc) is 2.82. The van der Waals surface area contributed by atoms with Crippen molar-refractivity contribution in [2.24, 2.45) is 0 Å². The third-order valence-electron chi connectivity index (χ3n) is 3.79. The molecule has 0 aliphatic carbocycles. The van der Waals surface area contributed by atoms with Crippen LogP contribution in [0.3, 0.4) is 0 Å². The van der Waals surface area contributed by atoms with Gasteiger partial charge in [0.2, 0.25) is 5.91 Å². The van der Waals surface area contributed by atoms with Crippen LogP contribution in [0.15, 0.2) is 40.9 Å². The number of fused-ring (bicyclic) bond motifs is 1. The summed E-state index contributed by atoms with van der Waals surface area (Å²) in [6, 6.07) is 12.2. The van der Waals surface area contributed by atoms with Crippen molar-refractivity contribution in [2.45, 2.75) is 19.4 Å². The molecule has 0 bridgehead atoms. The first kappa shape index (κ1) is 13.6. The third kappa shape index (κ3) is 2.23. The molecule has 0 aromatic heterocycles. The number of carbonyl (C=O) groups is 1. The first-order chi connectivity index (χ1) is 9.72.